The molecule has 0 aromatic heterocycles. The molecule has 1 amide bonds. The van der Waals surface area contributed by atoms with Crippen molar-refractivity contribution in [1.82, 2.24) is 10.2 Å². The highest BCUT2D eigenvalue weighted by Crippen LogP contribution is 2.44. The lowest BCUT2D eigenvalue weighted by atomic mass is 9.80. The van der Waals surface area contributed by atoms with E-state index in [9.17, 15) is 4.79 Å². The monoisotopic (exact) mass is 388 g/mol. The number of carbonyl (C=O) groups excluding carboxylic acids is 1. The van der Waals surface area contributed by atoms with E-state index in [2.05, 4.69) is 23.5 Å². The van der Waals surface area contributed by atoms with Gasteiger partial charge in [-0.25, -0.2) is 4.79 Å². The van der Waals surface area contributed by atoms with Crippen LogP contribution in [0.3, 0.4) is 0 Å². The van der Waals surface area contributed by atoms with Crippen molar-refractivity contribution < 1.29 is 19.0 Å². The van der Waals surface area contributed by atoms with Gasteiger partial charge in [0.25, 0.3) is 0 Å². The molecule has 4 rings (SSSR count). The fourth-order valence-electron chi connectivity index (χ4n) is 4.45. The smallest absolute Gasteiger partial charge is 0.410 e. The van der Waals surface area contributed by atoms with Gasteiger partial charge in [-0.05, 0) is 33.3 Å². The number of likely N-dealkylation sites (tertiary alicyclic amines) is 1. The molecule has 1 aromatic carbocycles. The van der Waals surface area contributed by atoms with E-state index in [1.165, 1.54) is 5.56 Å². The maximum Gasteiger partial charge on any atom is 0.410 e. The van der Waals surface area contributed by atoms with Crippen LogP contribution in [0.15, 0.2) is 24.3 Å². The maximum absolute atomic E-state index is 12.4. The Morgan fingerprint density at radius 3 is 2.68 bits per heavy atom. The van der Waals surface area contributed by atoms with Crippen molar-refractivity contribution in [2.45, 2.75) is 69.7 Å². The van der Waals surface area contributed by atoms with Crippen molar-refractivity contribution in [3.63, 3.8) is 0 Å². The van der Waals surface area contributed by atoms with Gasteiger partial charge < -0.3 is 24.4 Å². The zero-order valence-corrected chi connectivity index (χ0v) is 17.2. The van der Waals surface area contributed by atoms with E-state index >= 15 is 0 Å². The SMILES string of the molecule is CC(C)(C)OC(=O)N1CCC2(CC1)CC(NC1CCOC1)c1ccccc1O2. The molecule has 0 bridgehead atoms. The first kappa shape index (κ1) is 19.5. The average molecular weight is 389 g/mol. The number of nitrogens with zero attached hydrogens (tertiary/aromatic N) is 1. The zero-order chi connectivity index (χ0) is 19.8. The molecule has 3 heterocycles. The highest BCUT2D eigenvalue weighted by atomic mass is 16.6. The molecule has 2 fully saturated rings. The third kappa shape index (κ3) is 4.28. The molecule has 1 aromatic rings. The molecule has 0 aliphatic carbocycles. The van der Waals surface area contributed by atoms with Crippen LogP contribution in [0.1, 0.15) is 58.1 Å². The Hall–Kier alpha value is -1.79. The van der Waals surface area contributed by atoms with Crippen LogP contribution in [0, 0.1) is 0 Å². The maximum atomic E-state index is 12.4. The Kier molecular flexibility index (Phi) is 5.27. The van der Waals surface area contributed by atoms with Gasteiger partial charge in [0.15, 0.2) is 0 Å². The van der Waals surface area contributed by atoms with Gasteiger partial charge in [0.1, 0.15) is 17.0 Å². The minimum atomic E-state index is -0.467. The molecule has 1 N–H and O–H groups in total. The average Bonchev–Trinajstić information content (AvgIpc) is 3.14. The molecule has 6 heteroatoms. The highest BCUT2D eigenvalue weighted by molar-refractivity contribution is 5.68. The van der Waals surface area contributed by atoms with E-state index in [0.29, 0.717) is 19.1 Å². The summed E-state index contributed by atoms with van der Waals surface area (Å²) in [5, 5.41) is 3.80. The molecule has 0 radical (unpaired) electrons. The Morgan fingerprint density at radius 2 is 2.00 bits per heavy atom. The lowest BCUT2D eigenvalue weighted by Crippen LogP contribution is -2.54. The van der Waals surface area contributed by atoms with Crippen molar-refractivity contribution in [3.8, 4) is 5.75 Å². The number of hydrogen-bond donors (Lipinski definition) is 1. The molecule has 2 atom stereocenters. The number of rotatable bonds is 2. The van der Waals surface area contributed by atoms with Crippen LogP contribution in [0.25, 0.3) is 0 Å². The molecule has 2 saturated heterocycles. The number of nitrogens with one attached hydrogen (secondary N) is 1. The van der Waals surface area contributed by atoms with Crippen LogP contribution in [-0.2, 0) is 9.47 Å². The standard InChI is InChI=1S/C22H32N2O4/c1-21(2,3)28-20(25)24-11-9-22(10-12-24)14-18(23-16-8-13-26-15-16)17-6-4-5-7-19(17)27-22/h4-7,16,18,23H,8-15H2,1-3H3. The van der Waals surface area contributed by atoms with Crippen molar-refractivity contribution in [3.05, 3.63) is 29.8 Å². The predicted octanol–water partition coefficient (Wildman–Crippen LogP) is 3.66. The van der Waals surface area contributed by atoms with E-state index < -0.39 is 5.60 Å². The molecule has 2 unspecified atom stereocenters. The van der Waals surface area contributed by atoms with Crippen LogP contribution in [0.2, 0.25) is 0 Å². The third-order valence-electron chi connectivity index (χ3n) is 5.89. The number of amides is 1. The largest absolute Gasteiger partial charge is 0.487 e. The van der Waals surface area contributed by atoms with E-state index in [0.717, 1.165) is 44.6 Å². The first-order valence-corrected chi connectivity index (χ1v) is 10.4. The van der Waals surface area contributed by atoms with Gasteiger partial charge >= 0.3 is 6.09 Å². The lowest BCUT2D eigenvalue weighted by Gasteiger charge is -2.47. The van der Waals surface area contributed by atoms with Crippen molar-refractivity contribution in [1.29, 1.82) is 0 Å². The van der Waals surface area contributed by atoms with Crippen LogP contribution >= 0.6 is 0 Å². The van der Waals surface area contributed by atoms with Crippen molar-refractivity contribution in [2.75, 3.05) is 26.3 Å². The van der Waals surface area contributed by atoms with Gasteiger partial charge in [-0.1, -0.05) is 18.2 Å². The van der Waals surface area contributed by atoms with Crippen LogP contribution in [0.4, 0.5) is 4.79 Å². The molecule has 1 spiro atoms. The fourth-order valence-corrected chi connectivity index (χ4v) is 4.45. The van der Waals surface area contributed by atoms with Crippen molar-refractivity contribution >= 4 is 6.09 Å². The minimum absolute atomic E-state index is 0.226. The van der Waals surface area contributed by atoms with Crippen LogP contribution in [0.5, 0.6) is 5.75 Å². The second-order valence-electron chi connectivity index (χ2n) is 9.27. The Morgan fingerprint density at radius 1 is 1.25 bits per heavy atom. The van der Waals surface area contributed by atoms with E-state index in [4.69, 9.17) is 14.2 Å². The lowest BCUT2D eigenvalue weighted by molar-refractivity contribution is -0.0354. The number of hydrogen-bond acceptors (Lipinski definition) is 5. The Bertz CT molecular complexity index is 701. The summed E-state index contributed by atoms with van der Waals surface area (Å²) in [7, 11) is 0. The highest BCUT2D eigenvalue weighted by Gasteiger charge is 2.45. The first-order valence-electron chi connectivity index (χ1n) is 10.4. The van der Waals surface area contributed by atoms with Crippen LogP contribution < -0.4 is 10.1 Å². The molecule has 154 valence electrons. The van der Waals surface area contributed by atoms with Gasteiger partial charge in [-0.3, -0.25) is 0 Å². The van der Waals surface area contributed by atoms with Crippen molar-refractivity contribution in [2.24, 2.45) is 0 Å². The van der Waals surface area contributed by atoms with Gasteiger partial charge in [-0.15, -0.1) is 0 Å². The summed E-state index contributed by atoms with van der Waals surface area (Å²) in [4.78, 5) is 14.2. The molecule has 3 aliphatic heterocycles. The molecular formula is C22H32N2O4. The third-order valence-corrected chi connectivity index (χ3v) is 5.89. The van der Waals surface area contributed by atoms with Gasteiger partial charge in [-0.2, -0.15) is 0 Å². The normalized spacial score (nSPS) is 26.6. The summed E-state index contributed by atoms with van der Waals surface area (Å²) in [6, 6.07) is 8.98. The Labute approximate surface area is 167 Å². The molecule has 3 aliphatic rings. The minimum Gasteiger partial charge on any atom is -0.487 e. The number of fused-ring (bicyclic) bond motifs is 1. The number of carbonyl (C=O) groups is 1. The summed E-state index contributed by atoms with van der Waals surface area (Å²) in [6.45, 7) is 8.64. The fraction of sp³-hybridized carbons (Fsp3) is 0.682. The number of ether oxygens (including phenoxy) is 3. The topological polar surface area (TPSA) is 60.0 Å². The number of para-hydroxylation sites is 1. The molecule has 28 heavy (non-hydrogen) atoms. The van der Waals surface area contributed by atoms with Crippen LogP contribution in [-0.4, -0.2) is 54.5 Å². The summed E-state index contributed by atoms with van der Waals surface area (Å²) < 4.78 is 17.6. The van der Waals surface area contributed by atoms with E-state index in [1.54, 1.807) is 0 Å². The zero-order valence-electron chi connectivity index (χ0n) is 17.2. The molecular weight excluding hydrogens is 356 g/mol. The quantitative estimate of drug-likeness (QED) is 0.838. The Balaban J connectivity index is 1.46. The summed E-state index contributed by atoms with van der Waals surface area (Å²) in [6.07, 6.45) is 3.39. The van der Waals surface area contributed by atoms with Gasteiger partial charge in [0, 0.05) is 56.6 Å². The summed E-state index contributed by atoms with van der Waals surface area (Å²) in [5.41, 5.74) is 0.532. The predicted molar refractivity (Wildman–Crippen MR) is 107 cm³/mol. The first-order chi connectivity index (χ1) is 13.3. The number of piperidine rings is 1. The summed E-state index contributed by atoms with van der Waals surface area (Å²) in [5.74, 6) is 0.968. The number of benzene rings is 1. The van der Waals surface area contributed by atoms with E-state index in [1.807, 2.05) is 31.7 Å². The second kappa shape index (κ2) is 7.56. The second-order valence-corrected chi connectivity index (χ2v) is 9.27. The van der Waals surface area contributed by atoms with E-state index in [-0.39, 0.29) is 17.7 Å². The van der Waals surface area contributed by atoms with Gasteiger partial charge in [0.2, 0.25) is 0 Å². The summed E-state index contributed by atoms with van der Waals surface area (Å²) >= 11 is 0. The molecule has 6 nitrogen and oxygen atoms in total. The molecule has 0 saturated carbocycles. The van der Waals surface area contributed by atoms with Gasteiger partial charge in [0.05, 0.1) is 6.61 Å².